The quantitative estimate of drug-likeness (QED) is 0.678. The van der Waals surface area contributed by atoms with Crippen molar-refractivity contribution in [3.63, 3.8) is 0 Å². The van der Waals surface area contributed by atoms with Gasteiger partial charge >= 0.3 is 0 Å². The highest BCUT2D eigenvalue weighted by molar-refractivity contribution is 5.97. The van der Waals surface area contributed by atoms with Gasteiger partial charge in [-0.25, -0.2) is 4.39 Å². The van der Waals surface area contributed by atoms with Crippen LogP contribution in [-0.4, -0.2) is 27.3 Å². The van der Waals surface area contributed by atoms with Gasteiger partial charge in [-0.3, -0.25) is 9.89 Å². The molecule has 2 aromatic carbocycles. The summed E-state index contributed by atoms with van der Waals surface area (Å²) >= 11 is 0. The molecule has 0 radical (unpaired) electrons. The number of phenols is 1. The second-order valence-corrected chi connectivity index (χ2v) is 6.48. The number of H-pyrrole nitrogens is 1. The molecular weight excluding hydrogens is 333 g/mol. The zero-order valence-electron chi connectivity index (χ0n) is 14.0. The molecule has 1 aromatic heterocycles. The molecule has 1 aliphatic rings. The Balaban J connectivity index is 1.54. The molecule has 3 aromatic rings. The highest BCUT2D eigenvalue weighted by atomic mass is 19.1. The van der Waals surface area contributed by atoms with Gasteiger partial charge in [0.1, 0.15) is 0 Å². The number of amides is 1. The van der Waals surface area contributed by atoms with Gasteiger partial charge in [0.2, 0.25) is 0 Å². The van der Waals surface area contributed by atoms with Crippen LogP contribution in [0.3, 0.4) is 0 Å². The van der Waals surface area contributed by atoms with E-state index in [1.54, 1.807) is 30.5 Å². The normalized spacial score (nSPS) is 16.1. The highest BCUT2D eigenvalue weighted by Gasteiger charge is 2.24. The first-order chi connectivity index (χ1) is 12.6. The van der Waals surface area contributed by atoms with E-state index in [1.165, 1.54) is 12.1 Å². The van der Waals surface area contributed by atoms with Crippen molar-refractivity contribution in [3.8, 4) is 16.9 Å². The van der Waals surface area contributed by atoms with E-state index in [2.05, 4.69) is 15.5 Å². The molecule has 5 nitrogen and oxygen atoms in total. The maximum Gasteiger partial charge on any atom is 0.255 e. The Kier molecular flexibility index (Phi) is 4.16. The molecular formula is C20H18FN3O2. The van der Waals surface area contributed by atoms with Crippen LogP contribution in [0, 0.1) is 5.82 Å². The number of rotatable bonds is 3. The minimum Gasteiger partial charge on any atom is -0.504 e. The molecule has 0 saturated carbocycles. The number of aromatic amines is 1. The van der Waals surface area contributed by atoms with Crippen LogP contribution >= 0.6 is 0 Å². The third-order valence-corrected chi connectivity index (χ3v) is 4.80. The topological polar surface area (TPSA) is 78.0 Å². The Labute approximate surface area is 149 Å². The molecule has 4 rings (SSSR count). The summed E-state index contributed by atoms with van der Waals surface area (Å²) in [6, 6.07) is 11.8. The van der Waals surface area contributed by atoms with E-state index < -0.39 is 17.5 Å². The van der Waals surface area contributed by atoms with Gasteiger partial charge in [-0.05, 0) is 36.5 Å². The minimum atomic E-state index is -0.787. The summed E-state index contributed by atoms with van der Waals surface area (Å²) in [5, 5.41) is 20.1. The molecule has 0 aliphatic heterocycles. The van der Waals surface area contributed by atoms with Gasteiger partial charge in [-0.2, -0.15) is 5.10 Å². The van der Waals surface area contributed by atoms with Crippen LogP contribution in [0.25, 0.3) is 11.1 Å². The van der Waals surface area contributed by atoms with Crippen molar-refractivity contribution in [2.45, 2.75) is 25.3 Å². The van der Waals surface area contributed by atoms with Gasteiger partial charge < -0.3 is 10.4 Å². The summed E-state index contributed by atoms with van der Waals surface area (Å²) in [5.41, 5.74) is 3.03. The summed E-state index contributed by atoms with van der Waals surface area (Å²) in [4.78, 5) is 12.5. The van der Waals surface area contributed by atoms with Crippen LogP contribution in [0.5, 0.6) is 5.75 Å². The monoisotopic (exact) mass is 351 g/mol. The van der Waals surface area contributed by atoms with Crippen LogP contribution in [0.2, 0.25) is 0 Å². The van der Waals surface area contributed by atoms with Crippen LogP contribution in [-0.2, 0) is 12.8 Å². The maximum atomic E-state index is 14.6. The molecule has 0 saturated heterocycles. The van der Waals surface area contributed by atoms with Crippen molar-refractivity contribution in [2.24, 2.45) is 0 Å². The van der Waals surface area contributed by atoms with Crippen molar-refractivity contribution in [1.82, 2.24) is 15.5 Å². The fourth-order valence-corrected chi connectivity index (χ4v) is 3.39. The van der Waals surface area contributed by atoms with Crippen molar-refractivity contribution < 1.29 is 14.3 Å². The lowest BCUT2D eigenvalue weighted by Crippen LogP contribution is -2.38. The Morgan fingerprint density at radius 1 is 1.23 bits per heavy atom. The molecule has 6 heteroatoms. The summed E-state index contributed by atoms with van der Waals surface area (Å²) in [6.07, 6.45) is 4.00. The number of hydrogen-bond acceptors (Lipinski definition) is 3. The Morgan fingerprint density at radius 3 is 2.85 bits per heavy atom. The lowest BCUT2D eigenvalue weighted by atomic mass is 9.93. The zero-order valence-corrected chi connectivity index (χ0v) is 14.0. The van der Waals surface area contributed by atoms with E-state index in [0.29, 0.717) is 12.0 Å². The lowest BCUT2D eigenvalue weighted by molar-refractivity contribution is 0.0930. The van der Waals surface area contributed by atoms with Crippen LogP contribution in [0.1, 0.15) is 28.0 Å². The van der Waals surface area contributed by atoms with Crippen LogP contribution < -0.4 is 5.32 Å². The average molecular weight is 351 g/mol. The molecule has 0 spiro atoms. The molecule has 132 valence electrons. The summed E-state index contributed by atoms with van der Waals surface area (Å²) in [5.74, 6) is -1.88. The number of nitrogens with zero attached hydrogens (tertiary/aromatic N) is 1. The number of aromatic nitrogens is 2. The van der Waals surface area contributed by atoms with E-state index in [0.717, 1.165) is 24.1 Å². The fourth-order valence-electron chi connectivity index (χ4n) is 3.39. The molecule has 0 bridgehead atoms. The van der Waals surface area contributed by atoms with E-state index in [4.69, 9.17) is 0 Å². The largest absolute Gasteiger partial charge is 0.504 e. The number of fused-ring (bicyclic) bond motifs is 1. The first-order valence-electron chi connectivity index (χ1n) is 8.52. The summed E-state index contributed by atoms with van der Waals surface area (Å²) in [7, 11) is 0. The van der Waals surface area contributed by atoms with E-state index in [9.17, 15) is 14.3 Å². The molecule has 1 atom stereocenters. The summed E-state index contributed by atoms with van der Waals surface area (Å²) in [6.45, 7) is 0. The number of carbonyl (C=O) groups is 1. The Hall–Kier alpha value is -3.15. The molecule has 1 aliphatic carbocycles. The number of aryl methyl sites for hydroxylation is 1. The molecule has 1 unspecified atom stereocenters. The zero-order chi connectivity index (χ0) is 18.1. The maximum absolute atomic E-state index is 14.6. The van der Waals surface area contributed by atoms with Crippen molar-refractivity contribution in [2.75, 3.05) is 0 Å². The second kappa shape index (κ2) is 6.63. The molecule has 1 amide bonds. The van der Waals surface area contributed by atoms with Gasteiger partial charge in [0.15, 0.2) is 11.6 Å². The van der Waals surface area contributed by atoms with Crippen molar-refractivity contribution >= 4 is 5.91 Å². The fraction of sp³-hybridized carbons (Fsp3) is 0.200. The van der Waals surface area contributed by atoms with Gasteiger partial charge in [0.05, 0.1) is 11.8 Å². The number of aromatic hydroxyl groups is 1. The van der Waals surface area contributed by atoms with Gasteiger partial charge in [0.25, 0.3) is 5.91 Å². The molecule has 26 heavy (non-hydrogen) atoms. The predicted octanol–water partition coefficient (Wildman–Crippen LogP) is 3.21. The number of hydrogen-bond donors (Lipinski definition) is 3. The summed E-state index contributed by atoms with van der Waals surface area (Å²) < 4.78 is 14.6. The number of nitrogens with one attached hydrogen (secondary N) is 2. The van der Waals surface area contributed by atoms with E-state index >= 15 is 0 Å². The minimum absolute atomic E-state index is 0.0554. The average Bonchev–Trinajstić information content (AvgIpc) is 3.12. The lowest BCUT2D eigenvalue weighted by Gasteiger charge is -2.23. The third kappa shape index (κ3) is 2.94. The molecule has 1 heterocycles. The van der Waals surface area contributed by atoms with Crippen molar-refractivity contribution in [3.05, 3.63) is 71.3 Å². The van der Waals surface area contributed by atoms with E-state index in [-0.39, 0.29) is 17.2 Å². The number of phenolic OH excluding ortho intramolecular Hbond substituents is 1. The molecule has 0 fully saturated rings. The van der Waals surface area contributed by atoms with Crippen LogP contribution in [0.15, 0.2) is 48.7 Å². The van der Waals surface area contributed by atoms with Crippen LogP contribution in [0.4, 0.5) is 4.39 Å². The smallest absolute Gasteiger partial charge is 0.255 e. The highest BCUT2D eigenvalue weighted by Crippen LogP contribution is 2.31. The van der Waals surface area contributed by atoms with Crippen molar-refractivity contribution in [1.29, 1.82) is 0 Å². The molecule has 3 N–H and O–H groups in total. The third-order valence-electron chi connectivity index (χ3n) is 4.80. The number of carbonyl (C=O) groups excluding carboxylic acids is 1. The second-order valence-electron chi connectivity index (χ2n) is 6.48. The van der Waals surface area contributed by atoms with Gasteiger partial charge in [0, 0.05) is 17.3 Å². The Morgan fingerprint density at radius 2 is 2.04 bits per heavy atom. The van der Waals surface area contributed by atoms with Gasteiger partial charge in [-0.1, -0.05) is 36.4 Å². The first-order valence-corrected chi connectivity index (χ1v) is 8.52. The van der Waals surface area contributed by atoms with E-state index in [1.807, 2.05) is 6.07 Å². The SMILES string of the molecule is O=C(NC1CCc2[nH]ncc2C1)c1ccc(-c2ccccc2)c(F)c1O. The first kappa shape index (κ1) is 16.3. The van der Waals surface area contributed by atoms with Gasteiger partial charge in [-0.15, -0.1) is 0 Å². The standard InChI is InChI=1S/C20H18FN3O2/c21-18-15(12-4-2-1-3-5-12)7-8-16(19(18)25)20(26)23-14-6-9-17-13(10-14)11-22-24-17/h1-5,7-8,11,14,25H,6,9-10H2,(H,22,24)(H,23,26). The number of benzene rings is 2. The number of halogens is 1. The Bertz CT molecular complexity index is 953. The predicted molar refractivity (Wildman–Crippen MR) is 95.4 cm³/mol.